The first-order chi connectivity index (χ1) is 17.4. The smallest absolute Gasteiger partial charge is 0.414 e. The number of nitrogens with zero attached hydrogens (tertiary/aromatic N) is 2. The average Bonchev–Trinajstić information content (AvgIpc) is 3.31. The van der Waals surface area contributed by atoms with E-state index < -0.39 is 25.8 Å². The number of cyclic esters (lactones) is 1. The van der Waals surface area contributed by atoms with Gasteiger partial charge >= 0.3 is 6.09 Å². The fourth-order valence-electron chi connectivity index (χ4n) is 4.53. The van der Waals surface area contributed by atoms with Gasteiger partial charge in [-0.15, -0.1) is 0 Å². The molecular weight excluding hydrogens is 492 g/mol. The highest BCUT2D eigenvalue weighted by Gasteiger charge is 2.56. The van der Waals surface area contributed by atoms with Gasteiger partial charge in [0.2, 0.25) is 5.79 Å². The fraction of sp³-hybridized carbons (Fsp3) is 0.556. The minimum atomic E-state index is -2.19. The molecule has 1 saturated heterocycles. The zero-order valence-corrected chi connectivity index (χ0v) is 23.4. The highest BCUT2D eigenvalue weighted by Crippen LogP contribution is 2.49. The molecule has 1 aliphatic carbocycles. The molecule has 37 heavy (non-hydrogen) atoms. The normalized spacial score (nSPS) is 23.5. The van der Waals surface area contributed by atoms with E-state index in [4.69, 9.17) is 23.4 Å². The number of rotatable bonds is 7. The molecule has 1 atom stereocenters. The van der Waals surface area contributed by atoms with Crippen molar-refractivity contribution in [2.24, 2.45) is 0 Å². The van der Waals surface area contributed by atoms with Crippen molar-refractivity contribution in [1.29, 1.82) is 5.26 Å². The van der Waals surface area contributed by atoms with Gasteiger partial charge in [0.1, 0.15) is 18.0 Å². The Bertz CT molecular complexity index is 1140. The second-order valence-electron chi connectivity index (χ2n) is 11.1. The van der Waals surface area contributed by atoms with Crippen LogP contribution in [0, 0.1) is 11.3 Å². The van der Waals surface area contributed by atoms with E-state index in [1.54, 1.807) is 25.3 Å². The predicted octanol–water partition coefficient (Wildman–Crippen LogP) is 4.25. The van der Waals surface area contributed by atoms with Crippen LogP contribution in [0.3, 0.4) is 0 Å². The molecule has 1 amide bonds. The maximum Gasteiger partial charge on any atom is 0.414 e. The lowest BCUT2D eigenvalue weighted by molar-refractivity contribution is -0.114. The van der Waals surface area contributed by atoms with Gasteiger partial charge in [-0.2, -0.15) is 5.26 Å². The van der Waals surface area contributed by atoms with Crippen LogP contribution in [0.25, 0.3) is 0 Å². The number of carbonyl (C=O) groups excluding carboxylic acids is 1. The van der Waals surface area contributed by atoms with Crippen LogP contribution < -0.4 is 4.74 Å². The van der Waals surface area contributed by atoms with Gasteiger partial charge < -0.3 is 28.5 Å². The molecule has 4 rings (SSSR count). The lowest BCUT2D eigenvalue weighted by Gasteiger charge is -2.48. The summed E-state index contributed by atoms with van der Waals surface area (Å²) in [7, 11) is -0.604. The third-order valence-corrected chi connectivity index (χ3v) is 12.3. The topological polar surface area (TPSA) is 110 Å². The molecule has 0 saturated carbocycles. The molecule has 2 aliphatic heterocycles. The van der Waals surface area contributed by atoms with E-state index in [0.717, 1.165) is 5.56 Å². The molecule has 0 aromatic heterocycles. The van der Waals surface area contributed by atoms with Crippen LogP contribution in [-0.4, -0.2) is 69.3 Å². The van der Waals surface area contributed by atoms with Crippen molar-refractivity contribution in [3.05, 3.63) is 52.7 Å². The van der Waals surface area contributed by atoms with Crippen molar-refractivity contribution in [1.82, 2.24) is 4.90 Å². The van der Waals surface area contributed by atoms with Crippen LogP contribution in [0.15, 0.2) is 47.2 Å². The number of carbonyl (C=O) groups is 1. The second-order valence-corrected chi connectivity index (χ2v) is 15.9. The Morgan fingerprint density at radius 3 is 2.41 bits per heavy atom. The molecule has 1 spiro atoms. The fourth-order valence-corrected chi connectivity index (χ4v) is 5.48. The van der Waals surface area contributed by atoms with Crippen LogP contribution in [0.1, 0.15) is 32.8 Å². The van der Waals surface area contributed by atoms with Gasteiger partial charge in [0.15, 0.2) is 8.32 Å². The molecule has 0 bridgehead atoms. The molecule has 9 nitrogen and oxygen atoms in total. The Labute approximate surface area is 219 Å². The Kier molecular flexibility index (Phi) is 7.31. The summed E-state index contributed by atoms with van der Waals surface area (Å²) in [4.78, 5) is 14.5. The third kappa shape index (κ3) is 4.94. The number of amides is 1. The number of hydrogen-bond donors (Lipinski definition) is 1. The molecule has 3 aliphatic rings. The van der Waals surface area contributed by atoms with Crippen molar-refractivity contribution in [2.45, 2.75) is 63.3 Å². The molecule has 1 aromatic carbocycles. The Morgan fingerprint density at radius 2 is 1.84 bits per heavy atom. The Balaban J connectivity index is 1.78. The van der Waals surface area contributed by atoms with Crippen molar-refractivity contribution in [2.75, 3.05) is 33.5 Å². The average molecular weight is 529 g/mol. The first-order valence-electron chi connectivity index (χ1n) is 12.4. The molecule has 10 heteroatoms. The van der Waals surface area contributed by atoms with Gasteiger partial charge in [0.05, 0.1) is 51.7 Å². The van der Waals surface area contributed by atoms with Gasteiger partial charge in [-0.05, 0) is 47.5 Å². The van der Waals surface area contributed by atoms with Gasteiger partial charge in [0, 0.05) is 5.57 Å². The van der Waals surface area contributed by atoms with Gasteiger partial charge in [0.25, 0.3) is 0 Å². The number of ether oxygens (including phenoxy) is 4. The number of nitriles is 1. The summed E-state index contributed by atoms with van der Waals surface area (Å²) in [5.74, 6) is -0.700. The quantitative estimate of drug-likeness (QED) is 0.413. The van der Waals surface area contributed by atoms with E-state index in [1.165, 1.54) is 4.90 Å². The Morgan fingerprint density at radius 1 is 1.19 bits per heavy atom. The van der Waals surface area contributed by atoms with Gasteiger partial charge in [-0.3, -0.25) is 4.90 Å². The number of aliphatic hydroxyl groups is 1. The number of hydrogen-bond acceptors (Lipinski definition) is 8. The number of fused-ring (bicyclic) bond motifs is 1. The first kappa shape index (κ1) is 27.4. The second kappa shape index (κ2) is 9.89. The number of methoxy groups -OCH3 is 1. The van der Waals surface area contributed by atoms with Crippen LogP contribution in [0.5, 0.6) is 5.75 Å². The van der Waals surface area contributed by atoms with E-state index in [0.29, 0.717) is 35.8 Å². The van der Waals surface area contributed by atoms with E-state index in [9.17, 15) is 15.2 Å². The SMILES string of the molecule is COc1ccc(CN2C(=O)OCC3=C2C2(C=C(CO[Si](C)(C)C(C)(C)C)C3(O)CC#N)OCCO2)cc1. The van der Waals surface area contributed by atoms with Crippen molar-refractivity contribution < 1.29 is 33.3 Å². The molecular formula is C27H36N2O7Si. The van der Waals surface area contributed by atoms with E-state index >= 15 is 0 Å². The molecule has 0 radical (unpaired) electrons. The highest BCUT2D eigenvalue weighted by molar-refractivity contribution is 6.74. The monoisotopic (exact) mass is 528 g/mol. The number of benzene rings is 1. The van der Waals surface area contributed by atoms with Crippen molar-refractivity contribution in [3.63, 3.8) is 0 Å². The first-order valence-corrected chi connectivity index (χ1v) is 15.3. The van der Waals surface area contributed by atoms with Crippen LogP contribution in [-0.2, 0) is 25.2 Å². The van der Waals surface area contributed by atoms with E-state index in [2.05, 4.69) is 39.9 Å². The molecule has 1 unspecified atom stereocenters. The summed E-state index contributed by atoms with van der Waals surface area (Å²) in [5.41, 5.74) is 0.332. The summed E-state index contributed by atoms with van der Waals surface area (Å²) >= 11 is 0. The minimum absolute atomic E-state index is 0.0480. The summed E-state index contributed by atoms with van der Waals surface area (Å²) in [6, 6.07) is 9.43. The highest BCUT2D eigenvalue weighted by atomic mass is 28.4. The third-order valence-electron chi connectivity index (χ3n) is 7.79. The maximum atomic E-state index is 13.1. The van der Waals surface area contributed by atoms with Crippen LogP contribution in [0.2, 0.25) is 18.1 Å². The summed E-state index contributed by atoms with van der Waals surface area (Å²) in [6.45, 7) is 11.4. The molecule has 1 fully saturated rings. The molecule has 1 N–H and O–H groups in total. The lowest BCUT2D eigenvalue weighted by Crippen LogP contribution is -2.56. The van der Waals surface area contributed by atoms with Crippen LogP contribution >= 0.6 is 0 Å². The maximum absolute atomic E-state index is 13.1. The van der Waals surface area contributed by atoms with Crippen LogP contribution in [0.4, 0.5) is 4.79 Å². The standard InChI is InChI=1S/C27H36N2O7Si/c1-25(2,3)37(5,6)36-17-20-15-27(34-13-14-35-27)23-22(26(20,31)11-12-28)18-33-24(30)29(23)16-19-7-9-21(32-4)10-8-19/h7-10,15,31H,11,13-14,16-18H2,1-6H3. The largest absolute Gasteiger partial charge is 0.497 e. The predicted molar refractivity (Wildman–Crippen MR) is 138 cm³/mol. The molecule has 200 valence electrons. The molecule has 1 aromatic rings. The Hall–Kier alpha value is -2.68. The van der Waals surface area contributed by atoms with Crippen molar-refractivity contribution >= 4 is 14.4 Å². The van der Waals surface area contributed by atoms with Gasteiger partial charge in [-0.25, -0.2) is 4.79 Å². The van der Waals surface area contributed by atoms with E-state index in [-0.39, 0.29) is 31.2 Å². The lowest BCUT2D eigenvalue weighted by atomic mass is 9.75. The summed E-state index contributed by atoms with van der Waals surface area (Å²) in [6.07, 6.45) is 0.882. The summed E-state index contributed by atoms with van der Waals surface area (Å²) < 4.78 is 29.5. The zero-order chi connectivity index (χ0) is 27.1. The molecule has 2 heterocycles. The summed E-state index contributed by atoms with van der Waals surface area (Å²) in [5, 5.41) is 21.7. The van der Waals surface area contributed by atoms with E-state index in [1.807, 2.05) is 12.1 Å². The van der Waals surface area contributed by atoms with Crippen molar-refractivity contribution in [3.8, 4) is 11.8 Å². The zero-order valence-electron chi connectivity index (χ0n) is 22.4. The van der Waals surface area contributed by atoms with Gasteiger partial charge in [-0.1, -0.05) is 32.9 Å². The minimum Gasteiger partial charge on any atom is -0.497 e.